The maximum atomic E-state index is 5.68. The number of aromatic nitrogens is 1. The van der Waals surface area contributed by atoms with E-state index in [-0.39, 0.29) is 5.54 Å². The van der Waals surface area contributed by atoms with Crippen LogP contribution >= 0.6 is 11.8 Å². The molecule has 0 saturated heterocycles. The first-order chi connectivity index (χ1) is 9.74. The molecule has 0 radical (unpaired) electrons. The van der Waals surface area contributed by atoms with Crippen LogP contribution in [0.4, 0.5) is 0 Å². The Labute approximate surface area is 131 Å². The van der Waals surface area contributed by atoms with Gasteiger partial charge in [0.25, 0.3) is 5.22 Å². The first-order valence-corrected chi connectivity index (χ1v) is 8.03. The second-order valence-corrected chi connectivity index (χ2v) is 7.43. The number of aryl methyl sites for hydroxylation is 3. The summed E-state index contributed by atoms with van der Waals surface area (Å²) in [5.74, 6) is 0.888. The van der Waals surface area contributed by atoms with Crippen LogP contribution in [0, 0.1) is 20.8 Å². The van der Waals surface area contributed by atoms with Gasteiger partial charge in [-0.25, -0.2) is 4.98 Å². The van der Waals surface area contributed by atoms with Crippen molar-refractivity contribution >= 4 is 11.8 Å². The molecular weight excluding hydrogens is 280 g/mol. The normalized spacial score (nSPS) is 11.9. The van der Waals surface area contributed by atoms with Crippen LogP contribution in [-0.2, 0) is 6.54 Å². The van der Waals surface area contributed by atoms with Crippen LogP contribution in [0.25, 0.3) is 0 Å². The number of hydrogen-bond acceptors (Lipinski definition) is 4. The predicted molar refractivity (Wildman–Crippen MR) is 87.9 cm³/mol. The third kappa shape index (κ3) is 4.61. The maximum absolute atomic E-state index is 5.68. The van der Waals surface area contributed by atoms with E-state index in [0.717, 1.165) is 18.0 Å². The largest absolute Gasteiger partial charge is 0.436 e. The van der Waals surface area contributed by atoms with Crippen molar-refractivity contribution in [3.8, 4) is 0 Å². The monoisotopic (exact) mass is 304 g/mol. The lowest BCUT2D eigenvalue weighted by Gasteiger charge is -2.21. The average molecular weight is 304 g/mol. The molecule has 0 spiro atoms. The minimum atomic E-state index is 0.0990. The maximum Gasteiger partial charge on any atom is 0.261 e. The van der Waals surface area contributed by atoms with Crippen molar-refractivity contribution in [2.75, 3.05) is 0 Å². The Bertz CT molecular complexity index is 607. The van der Waals surface area contributed by atoms with Crippen LogP contribution in [0.3, 0.4) is 0 Å². The zero-order valence-corrected chi connectivity index (χ0v) is 14.5. The van der Waals surface area contributed by atoms with Gasteiger partial charge >= 0.3 is 0 Å². The molecule has 1 heterocycles. The van der Waals surface area contributed by atoms with Gasteiger partial charge in [0, 0.05) is 17.0 Å². The first-order valence-electron chi connectivity index (χ1n) is 7.21. The van der Waals surface area contributed by atoms with E-state index >= 15 is 0 Å². The quantitative estimate of drug-likeness (QED) is 0.893. The van der Waals surface area contributed by atoms with Gasteiger partial charge in [0.05, 0.1) is 5.69 Å². The van der Waals surface area contributed by atoms with E-state index in [1.54, 1.807) is 11.8 Å². The Balaban J connectivity index is 2.22. The van der Waals surface area contributed by atoms with Crippen molar-refractivity contribution in [2.45, 2.75) is 63.7 Å². The topological polar surface area (TPSA) is 38.1 Å². The number of oxazole rings is 1. The fourth-order valence-corrected chi connectivity index (χ4v) is 2.82. The lowest BCUT2D eigenvalue weighted by Crippen LogP contribution is -2.35. The molecule has 0 saturated carbocycles. The highest BCUT2D eigenvalue weighted by atomic mass is 32.2. The van der Waals surface area contributed by atoms with E-state index in [1.165, 1.54) is 16.0 Å². The molecule has 0 aliphatic heterocycles. The van der Waals surface area contributed by atoms with Crippen molar-refractivity contribution in [1.82, 2.24) is 10.3 Å². The molecule has 0 fully saturated rings. The smallest absolute Gasteiger partial charge is 0.261 e. The molecule has 2 aromatic rings. The van der Waals surface area contributed by atoms with Crippen LogP contribution in [0.2, 0.25) is 0 Å². The molecular formula is C17H24N2OS. The average Bonchev–Trinajstić information content (AvgIpc) is 2.68. The third-order valence-electron chi connectivity index (χ3n) is 3.23. The van der Waals surface area contributed by atoms with Crippen LogP contribution in [0.15, 0.2) is 32.7 Å². The summed E-state index contributed by atoms with van der Waals surface area (Å²) in [6, 6.07) is 6.50. The van der Waals surface area contributed by atoms with Gasteiger partial charge in [-0.1, -0.05) is 17.7 Å². The summed E-state index contributed by atoms with van der Waals surface area (Å²) in [7, 11) is 0. The predicted octanol–water partition coefficient (Wildman–Crippen LogP) is 4.64. The number of nitrogens with one attached hydrogen (secondary N) is 1. The van der Waals surface area contributed by atoms with E-state index in [2.05, 4.69) is 56.2 Å². The van der Waals surface area contributed by atoms with E-state index in [4.69, 9.17) is 4.42 Å². The van der Waals surface area contributed by atoms with Crippen molar-refractivity contribution in [2.24, 2.45) is 0 Å². The molecule has 0 aliphatic rings. The van der Waals surface area contributed by atoms with Crippen LogP contribution in [0.1, 0.15) is 43.4 Å². The van der Waals surface area contributed by atoms with Crippen LogP contribution in [0.5, 0.6) is 0 Å². The zero-order chi connectivity index (χ0) is 15.6. The molecule has 0 bridgehead atoms. The molecule has 1 N–H and O–H groups in total. The van der Waals surface area contributed by atoms with Gasteiger partial charge in [0.15, 0.2) is 0 Å². The Kier molecular flexibility index (Phi) is 4.79. The molecule has 3 nitrogen and oxygen atoms in total. The standard InChI is InChI=1S/C17H24N2OS/c1-11-7-8-15(14(9-11)10-18-17(4,5)6)21-16-19-12(2)13(3)20-16/h7-9,18H,10H2,1-6H3. The van der Waals surface area contributed by atoms with Crippen molar-refractivity contribution < 1.29 is 4.42 Å². The van der Waals surface area contributed by atoms with Gasteiger partial charge in [-0.15, -0.1) is 0 Å². The van der Waals surface area contributed by atoms with E-state index in [0.29, 0.717) is 5.22 Å². The van der Waals surface area contributed by atoms with Crippen LogP contribution < -0.4 is 5.32 Å². The first kappa shape index (κ1) is 16.1. The summed E-state index contributed by atoms with van der Waals surface area (Å²) in [6.45, 7) is 13.4. The van der Waals surface area contributed by atoms with Crippen molar-refractivity contribution in [1.29, 1.82) is 0 Å². The SMILES string of the molecule is Cc1ccc(Sc2nc(C)c(C)o2)c(CNC(C)(C)C)c1. The Morgan fingerprint density at radius 3 is 2.48 bits per heavy atom. The van der Waals surface area contributed by atoms with Crippen molar-refractivity contribution in [3.05, 3.63) is 40.8 Å². The number of hydrogen-bond donors (Lipinski definition) is 1. The lowest BCUT2D eigenvalue weighted by molar-refractivity contribution is 0.421. The second kappa shape index (κ2) is 6.24. The summed E-state index contributed by atoms with van der Waals surface area (Å²) < 4.78 is 5.68. The molecule has 0 aliphatic carbocycles. The zero-order valence-electron chi connectivity index (χ0n) is 13.7. The Hall–Kier alpha value is -1.26. The molecule has 4 heteroatoms. The van der Waals surface area contributed by atoms with Gasteiger partial charge < -0.3 is 9.73 Å². The lowest BCUT2D eigenvalue weighted by atomic mass is 10.1. The van der Waals surface area contributed by atoms with E-state index in [9.17, 15) is 0 Å². The van der Waals surface area contributed by atoms with E-state index in [1.807, 2.05) is 13.8 Å². The summed E-state index contributed by atoms with van der Waals surface area (Å²) in [5, 5.41) is 4.26. The molecule has 21 heavy (non-hydrogen) atoms. The number of benzene rings is 1. The molecule has 1 aromatic carbocycles. The number of nitrogens with zero attached hydrogens (tertiary/aromatic N) is 1. The Morgan fingerprint density at radius 1 is 1.19 bits per heavy atom. The summed E-state index contributed by atoms with van der Waals surface area (Å²) in [6.07, 6.45) is 0. The molecule has 114 valence electrons. The van der Waals surface area contributed by atoms with E-state index < -0.39 is 0 Å². The molecule has 0 atom stereocenters. The summed E-state index contributed by atoms with van der Waals surface area (Å²) in [5.41, 5.74) is 3.61. The minimum absolute atomic E-state index is 0.0990. The fourth-order valence-electron chi connectivity index (χ4n) is 1.89. The minimum Gasteiger partial charge on any atom is -0.436 e. The van der Waals surface area contributed by atoms with Crippen LogP contribution in [-0.4, -0.2) is 10.5 Å². The third-order valence-corrected chi connectivity index (χ3v) is 4.20. The second-order valence-electron chi connectivity index (χ2n) is 6.44. The summed E-state index contributed by atoms with van der Waals surface area (Å²) >= 11 is 1.59. The highest BCUT2D eigenvalue weighted by Crippen LogP contribution is 2.31. The van der Waals surface area contributed by atoms with Gasteiger partial charge in [-0.3, -0.25) is 0 Å². The van der Waals surface area contributed by atoms with Gasteiger partial charge in [0.1, 0.15) is 5.76 Å². The molecule has 1 aromatic heterocycles. The highest BCUT2D eigenvalue weighted by molar-refractivity contribution is 7.99. The Morgan fingerprint density at radius 2 is 1.90 bits per heavy atom. The van der Waals surface area contributed by atoms with Gasteiger partial charge in [0.2, 0.25) is 0 Å². The fraction of sp³-hybridized carbons (Fsp3) is 0.471. The molecule has 0 unspecified atom stereocenters. The number of rotatable bonds is 4. The van der Waals surface area contributed by atoms with Crippen molar-refractivity contribution in [3.63, 3.8) is 0 Å². The summed E-state index contributed by atoms with van der Waals surface area (Å²) in [4.78, 5) is 5.65. The highest BCUT2D eigenvalue weighted by Gasteiger charge is 2.13. The molecule has 0 amide bonds. The van der Waals surface area contributed by atoms with Gasteiger partial charge in [-0.2, -0.15) is 0 Å². The van der Waals surface area contributed by atoms with Gasteiger partial charge in [-0.05, 0) is 64.9 Å². The molecule has 2 rings (SSSR count).